The average molecular weight is 317 g/mol. The maximum atomic E-state index is 12.9. The molecular weight excluding hydrogens is 294 g/mol. The highest BCUT2D eigenvalue weighted by Gasteiger charge is 2.23. The molecule has 1 heterocycles. The highest BCUT2D eigenvalue weighted by molar-refractivity contribution is 5.96. The van der Waals surface area contributed by atoms with Gasteiger partial charge in [-0.1, -0.05) is 18.2 Å². The van der Waals surface area contributed by atoms with Crippen LogP contribution in [0.25, 0.3) is 0 Å². The van der Waals surface area contributed by atoms with Gasteiger partial charge in [0, 0.05) is 31.4 Å². The van der Waals surface area contributed by atoms with E-state index in [4.69, 9.17) is 4.74 Å². The number of aliphatic hydroxyl groups is 1. The van der Waals surface area contributed by atoms with Gasteiger partial charge >= 0.3 is 0 Å². The molecule has 0 radical (unpaired) electrons. The zero-order valence-electron chi connectivity index (χ0n) is 14.0. The minimum atomic E-state index is -0.131. The number of hydrogen-bond donors (Lipinski definition) is 1. The summed E-state index contributed by atoms with van der Waals surface area (Å²) in [4.78, 5) is 14.5. The van der Waals surface area contributed by atoms with E-state index in [-0.39, 0.29) is 19.1 Å². The highest BCUT2D eigenvalue weighted by Crippen LogP contribution is 2.21. The van der Waals surface area contributed by atoms with Crippen LogP contribution in [0.2, 0.25) is 0 Å². The number of benzene rings is 1. The van der Waals surface area contributed by atoms with Crippen molar-refractivity contribution in [3.63, 3.8) is 0 Å². The van der Waals surface area contributed by atoms with Gasteiger partial charge in [-0.25, -0.2) is 0 Å². The second kappa shape index (κ2) is 7.28. The normalized spacial score (nSPS) is 10.7. The van der Waals surface area contributed by atoms with Crippen LogP contribution >= 0.6 is 0 Å². The van der Waals surface area contributed by atoms with Crippen LogP contribution in [0.5, 0.6) is 5.75 Å². The van der Waals surface area contributed by atoms with Crippen LogP contribution in [0.3, 0.4) is 0 Å². The minimum absolute atomic E-state index is 0.0980. The fourth-order valence-electron chi connectivity index (χ4n) is 2.65. The van der Waals surface area contributed by atoms with Gasteiger partial charge in [0.05, 0.1) is 25.0 Å². The number of aliphatic hydroxyl groups excluding tert-OH is 1. The molecule has 1 aromatic carbocycles. The van der Waals surface area contributed by atoms with Crippen molar-refractivity contribution in [2.45, 2.75) is 20.4 Å². The van der Waals surface area contributed by atoms with E-state index in [9.17, 15) is 9.90 Å². The molecule has 0 fully saturated rings. The molecule has 0 aliphatic carbocycles. The second-order valence-electron chi connectivity index (χ2n) is 5.43. The summed E-state index contributed by atoms with van der Waals surface area (Å²) in [6.07, 6.45) is 0. The summed E-state index contributed by atoms with van der Waals surface area (Å²) in [6.45, 7) is 4.22. The van der Waals surface area contributed by atoms with E-state index < -0.39 is 0 Å². The molecule has 1 amide bonds. The number of aryl methyl sites for hydroxylation is 2. The lowest BCUT2D eigenvalue weighted by atomic mass is 10.1. The summed E-state index contributed by atoms with van der Waals surface area (Å²) in [6, 6.07) is 7.56. The number of methoxy groups -OCH3 is 1. The molecule has 23 heavy (non-hydrogen) atoms. The first-order chi connectivity index (χ1) is 11.0. The van der Waals surface area contributed by atoms with Crippen LogP contribution in [0.1, 0.15) is 27.3 Å². The van der Waals surface area contributed by atoms with Crippen LogP contribution in [0.4, 0.5) is 0 Å². The van der Waals surface area contributed by atoms with Crippen molar-refractivity contribution in [3.8, 4) is 5.75 Å². The number of nitrogens with zero attached hydrogens (tertiary/aromatic N) is 3. The summed E-state index contributed by atoms with van der Waals surface area (Å²) >= 11 is 0. The molecule has 1 aromatic heterocycles. The smallest absolute Gasteiger partial charge is 0.257 e. The molecule has 0 bridgehead atoms. The largest absolute Gasteiger partial charge is 0.496 e. The van der Waals surface area contributed by atoms with Crippen molar-refractivity contribution in [2.24, 2.45) is 7.05 Å². The summed E-state index contributed by atoms with van der Waals surface area (Å²) < 4.78 is 7.04. The van der Waals surface area contributed by atoms with Crippen molar-refractivity contribution in [1.29, 1.82) is 0 Å². The standard InChI is InChI=1S/C17H23N3O3/c1-12-16(13(2)19(3)18-12)17(22)20(9-10-21)11-14-7-5-6-8-15(14)23-4/h5-8,21H,9-11H2,1-4H3. The molecule has 0 atom stereocenters. The summed E-state index contributed by atoms with van der Waals surface area (Å²) in [5, 5.41) is 13.6. The quantitative estimate of drug-likeness (QED) is 0.880. The van der Waals surface area contributed by atoms with Gasteiger partial charge in [-0.3, -0.25) is 9.48 Å². The first-order valence-corrected chi connectivity index (χ1v) is 7.51. The first-order valence-electron chi connectivity index (χ1n) is 7.51. The van der Waals surface area contributed by atoms with E-state index in [0.29, 0.717) is 17.8 Å². The van der Waals surface area contributed by atoms with Crippen LogP contribution in [0, 0.1) is 13.8 Å². The Balaban J connectivity index is 2.32. The lowest BCUT2D eigenvalue weighted by Gasteiger charge is -2.23. The van der Waals surface area contributed by atoms with E-state index >= 15 is 0 Å². The third-order valence-electron chi connectivity index (χ3n) is 3.93. The van der Waals surface area contributed by atoms with Crippen LogP contribution < -0.4 is 4.74 Å². The Bertz CT molecular complexity index is 694. The number of rotatable bonds is 6. The number of amides is 1. The van der Waals surface area contributed by atoms with E-state index in [1.807, 2.05) is 45.2 Å². The Labute approximate surface area is 136 Å². The number of para-hydroxylation sites is 1. The third kappa shape index (κ3) is 3.53. The Hall–Kier alpha value is -2.34. The lowest BCUT2D eigenvalue weighted by Crippen LogP contribution is -2.34. The third-order valence-corrected chi connectivity index (χ3v) is 3.93. The molecule has 1 N–H and O–H groups in total. The molecule has 0 aliphatic heterocycles. The predicted octanol–water partition coefficient (Wildman–Crippen LogP) is 1.68. The van der Waals surface area contributed by atoms with Crippen molar-refractivity contribution >= 4 is 5.91 Å². The Morgan fingerprint density at radius 3 is 2.61 bits per heavy atom. The fourth-order valence-corrected chi connectivity index (χ4v) is 2.65. The van der Waals surface area contributed by atoms with Crippen LogP contribution in [0.15, 0.2) is 24.3 Å². The van der Waals surface area contributed by atoms with Gasteiger partial charge in [-0.15, -0.1) is 0 Å². The number of hydrogen-bond acceptors (Lipinski definition) is 4. The van der Waals surface area contributed by atoms with Crippen LogP contribution in [-0.2, 0) is 13.6 Å². The van der Waals surface area contributed by atoms with Gasteiger partial charge in [0.15, 0.2) is 0 Å². The minimum Gasteiger partial charge on any atom is -0.496 e. The SMILES string of the molecule is COc1ccccc1CN(CCO)C(=O)c1c(C)nn(C)c1C. The van der Waals surface area contributed by atoms with E-state index in [2.05, 4.69) is 5.10 Å². The molecule has 0 saturated carbocycles. The Morgan fingerprint density at radius 1 is 1.35 bits per heavy atom. The Kier molecular flexibility index (Phi) is 5.39. The second-order valence-corrected chi connectivity index (χ2v) is 5.43. The number of carbonyl (C=O) groups excluding carboxylic acids is 1. The number of carbonyl (C=O) groups is 1. The number of aromatic nitrogens is 2. The molecule has 6 nitrogen and oxygen atoms in total. The van der Waals surface area contributed by atoms with Crippen molar-refractivity contribution in [2.75, 3.05) is 20.3 Å². The van der Waals surface area contributed by atoms with E-state index in [0.717, 1.165) is 17.0 Å². The maximum Gasteiger partial charge on any atom is 0.257 e. The lowest BCUT2D eigenvalue weighted by molar-refractivity contribution is 0.0705. The Morgan fingerprint density at radius 2 is 2.04 bits per heavy atom. The number of ether oxygens (including phenoxy) is 1. The van der Waals surface area contributed by atoms with E-state index in [1.54, 1.807) is 16.7 Å². The fraction of sp³-hybridized carbons (Fsp3) is 0.412. The first kappa shape index (κ1) is 17.0. The molecule has 0 saturated heterocycles. The van der Waals surface area contributed by atoms with Gasteiger partial charge in [-0.2, -0.15) is 5.10 Å². The van der Waals surface area contributed by atoms with Gasteiger partial charge in [0.25, 0.3) is 5.91 Å². The summed E-state index contributed by atoms with van der Waals surface area (Å²) in [7, 11) is 3.42. The molecule has 2 rings (SSSR count). The topological polar surface area (TPSA) is 67.6 Å². The van der Waals surface area contributed by atoms with Gasteiger partial charge in [0.2, 0.25) is 0 Å². The molecule has 0 unspecified atom stereocenters. The zero-order valence-corrected chi connectivity index (χ0v) is 14.0. The van der Waals surface area contributed by atoms with Crippen molar-refractivity contribution < 1.29 is 14.6 Å². The van der Waals surface area contributed by atoms with Crippen LogP contribution in [-0.4, -0.2) is 46.0 Å². The summed E-state index contributed by atoms with van der Waals surface area (Å²) in [5.74, 6) is 0.593. The van der Waals surface area contributed by atoms with Gasteiger partial charge < -0.3 is 14.7 Å². The van der Waals surface area contributed by atoms with Crippen molar-refractivity contribution in [1.82, 2.24) is 14.7 Å². The zero-order chi connectivity index (χ0) is 17.0. The average Bonchev–Trinajstić information content (AvgIpc) is 2.79. The van der Waals surface area contributed by atoms with Crippen molar-refractivity contribution in [3.05, 3.63) is 46.8 Å². The molecule has 6 heteroatoms. The highest BCUT2D eigenvalue weighted by atomic mass is 16.5. The van der Waals surface area contributed by atoms with E-state index in [1.165, 1.54) is 0 Å². The monoisotopic (exact) mass is 317 g/mol. The molecule has 124 valence electrons. The molecular formula is C17H23N3O3. The predicted molar refractivity (Wildman–Crippen MR) is 87.5 cm³/mol. The van der Waals surface area contributed by atoms with Gasteiger partial charge in [-0.05, 0) is 19.9 Å². The molecule has 2 aromatic rings. The van der Waals surface area contributed by atoms with Gasteiger partial charge in [0.1, 0.15) is 5.75 Å². The molecule has 0 spiro atoms. The summed E-state index contributed by atoms with van der Waals surface area (Å²) in [5.41, 5.74) is 3.00. The maximum absolute atomic E-state index is 12.9. The molecule has 0 aliphatic rings.